The van der Waals surface area contributed by atoms with E-state index >= 15 is 0 Å². The van der Waals surface area contributed by atoms with Gasteiger partial charge in [0.25, 0.3) is 0 Å². The highest BCUT2D eigenvalue weighted by Crippen LogP contribution is 2.23. The predicted molar refractivity (Wildman–Crippen MR) is 82.0 cm³/mol. The lowest BCUT2D eigenvalue weighted by Crippen LogP contribution is -2.11. The molecule has 2 aromatic rings. The second kappa shape index (κ2) is 6.10. The fourth-order valence-corrected chi connectivity index (χ4v) is 2.69. The molecule has 108 valence electrons. The largest absolute Gasteiger partial charge is 0.478 e. The van der Waals surface area contributed by atoms with Gasteiger partial charge in [-0.2, -0.15) is 0 Å². The van der Waals surface area contributed by atoms with Gasteiger partial charge < -0.3 is 10.2 Å². The van der Waals surface area contributed by atoms with Crippen LogP contribution in [0.15, 0.2) is 40.9 Å². The Hall–Kier alpha value is -2.14. The van der Waals surface area contributed by atoms with Crippen molar-refractivity contribution in [3.63, 3.8) is 0 Å². The maximum Gasteiger partial charge on any atom is 0.336 e. The van der Waals surface area contributed by atoms with Crippen molar-refractivity contribution in [2.75, 3.05) is 0 Å². The Balaban J connectivity index is 2.59. The van der Waals surface area contributed by atoms with Crippen LogP contribution < -0.4 is 0 Å². The zero-order valence-electron chi connectivity index (χ0n) is 11.3. The second-order valence-corrected chi connectivity index (χ2v) is 5.67. The second-order valence-electron chi connectivity index (χ2n) is 4.76. The molecular formula is C16H13BrO4. The first-order chi connectivity index (χ1) is 9.88. The predicted octanol–water partition coefficient (Wildman–Crippen LogP) is 3.74. The van der Waals surface area contributed by atoms with Gasteiger partial charge in [-0.05, 0) is 54.3 Å². The van der Waals surface area contributed by atoms with Crippen LogP contribution in [0.2, 0.25) is 0 Å². The van der Waals surface area contributed by atoms with E-state index in [-0.39, 0.29) is 17.5 Å². The van der Waals surface area contributed by atoms with Crippen molar-refractivity contribution in [1.82, 2.24) is 0 Å². The highest BCUT2D eigenvalue weighted by molar-refractivity contribution is 9.10. The van der Waals surface area contributed by atoms with Gasteiger partial charge in [0.05, 0.1) is 11.1 Å². The molecule has 0 saturated carbocycles. The quantitative estimate of drug-likeness (QED) is 0.882. The van der Waals surface area contributed by atoms with Crippen LogP contribution >= 0.6 is 15.9 Å². The average Bonchev–Trinajstić information content (AvgIpc) is 2.39. The van der Waals surface area contributed by atoms with Crippen molar-refractivity contribution in [1.29, 1.82) is 0 Å². The highest BCUT2D eigenvalue weighted by atomic mass is 79.9. The molecule has 0 aliphatic rings. The van der Waals surface area contributed by atoms with E-state index in [1.807, 2.05) is 24.3 Å². The third-order valence-electron chi connectivity index (χ3n) is 3.13. The molecule has 2 rings (SSSR count). The first-order valence-electron chi connectivity index (χ1n) is 6.23. The summed E-state index contributed by atoms with van der Waals surface area (Å²) in [5, 5.41) is 18.7. The third kappa shape index (κ3) is 3.49. The van der Waals surface area contributed by atoms with E-state index in [1.165, 1.54) is 12.1 Å². The van der Waals surface area contributed by atoms with Crippen LogP contribution in [-0.4, -0.2) is 22.2 Å². The normalized spacial score (nSPS) is 10.4. The Bertz CT molecular complexity index is 687. The molecule has 0 radical (unpaired) electrons. The Labute approximate surface area is 130 Å². The minimum absolute atomic E-state index is 0.0346. The summed E-state index contributed by atoms with van der Waals surface area (Å²) in [6.07, 6.45) is 0.253. The Morgan fingerprint density at radius 3 is 2.10 bits per heavy atom. The SMILES string of the molecule is Cc1cc(C(=O)O)c(Cc2cccc(Br)c2)c(C(=O)O)c1. The molecule has 2 aromatic carbocycles. The summed E-state index contributed by atoms with van der Waals surface area (Å²) in [7, 11) is 0. The molecule has 4 nitrogen and oxygen atoms in total. The molecule has 0 amide bonds. The Kier molecular flexibility index (Phi) is 4.43. The summed E-state index contributed by atoms with van der Waals surface area (Å²) in [6, 6.07) is 10.4. The summed E-state index contributed by atoms with van der Waals surface area (Å²) in [6.45, 7) is 1.68. The summed E-state index contributed by atoms with van der Waals surface area (Å²) < 4.78 is 0.862. The lowest BCUT2D eigenvalue weighted by atomic mass is 9.93. The third-order valence-corrected chi connectivity index (χ3v) is 3.62. The lowest BCUT2D eigenvalue weighted by molar-refractivity contribution is 0.0695. The van der Waals surface area contributed by atoms with Gasteiger partial charge in [-0.1, -0.05) is 28.1 Å². The molecule has 0 aromatic heterocycles. The molecule has 0 saturated heterocycles. The minimum atomic E-state index is -1.12. The van der Waals surface area contributed by atoms with Crippen molar-refractivity contribution in [3.8, 4) is 0 Å². The number of aromatic carboxylic acids is 2. The maximum absolute atomic E-state index is 11.4. The molecule has 0 heterocycles. The number of aryl methyl sites for hydroxylation is 1. The van der Waals surface area contributed by atoms with Gasteiger partial charge in [0.2, 0.25) is 0 Å². The first kappa shape index (κ1) is 15.3. The van der Waals surface area contributed by atoms with Gasteiger partial charge in [-0.3, -0.25) is 0 Å². The van der Waals surface area contributed by atoms with Gasteiger partial charge in [0, 0.05) is 4.47 Å². The topological polar surface area (TPSA) is 74.6 Å². The van der Waals surface area contributed by atoms with E-state index in [2.05, 4.69) is 15.9 Å². The molecule has 2 N–H and O–H groups in total. The molecule has 0 spiro atoms. The van der Waals surface area contributed by atoms with Crippen LogP contribution in [0.1, 0.15) is 37.4 Å². The monoisotopic (exact) mass is 348 g/mol. The molecule has 0 bridgehead atoms. The van der Waals surface area contributed by atoms with Crippen LogP contribution in [0, 0.1) is 6.92 Å². The molecule has 0 atom stereocenters. The van der Waals surface area contributed by atoms with Gasteiger partial charge in [0.1, 0.15) is 0 Å². The number of hydrogen-bond acceptors (Lipinski definition) is 2. The number of carboxylic acids is 2. The van der Waals surface area contributed by atoms with E-state index in [0.29, 0.717) is 11.1 Å². The summed E-state index contributed by atoms with van der Waals surface area (Å²) >= 11 is 3.35. The van der Waals surface area contributed by atoms with Gasteiger partial charge in [-0.15, -0.1) is 0 Å². The molecule has 0 aliphatic carbocycles. The zero-order chi connectivity index (χ0) is 15.6. The van der Waals surface area contributed by atoms with Crippen molar-refractivity contribution in [2.24, 2.45) is 0 Å². The van der Waals surface area contributed by atoms with Crippen molar-refractivity contribution in [2.45, 2.75) is 13.3 Å². The van der Waals surface area contributed by atoms with Gasteiger partial charge in [0.15, 0.2) is 0 Å². The fourth-order valence-electron chi connectivity index (χ4n) is 2.24. The first-order valence-corrected chi connectivity index (χ1v) is 7.02. The van der Waals surface area contributed by atoms with E-state index in [4.69, 9.17) is 0 Å². The lowest BCUT2D eigenvalue weighted by Gasteiger charge is -2.12. The number of halogens is 1. The standard InChI is InChI=1S/C16H13BrO4/c1-9-5-13(15(18)19)12(14(6-9)16(20)21)8-10-3-2-4-11(17)7-10/h2-7H,8H2,1H3,(H,18,19)(H,20,21). The molecule has 5 heteroatoms. The van der Waals surface area contributed by atoms with E-state index in [1.54, 1.807) is 6.92 Å². The van der Waals surface area contributed by atoms with E-state index in [9.17, 15) is 19.8 Å². The number of benzene rings is 2. The number of carbonyl (C=O) groups is 2. The van der Waals surface area contributed by atoms with Crippen molar-refractivity contribution >= 4 is 27.9 Å². The number of rotatable bonds is 4. The van der Waals surface area contributed by atoms with E-state index < -0.39 is 11.9 Å². The Morgan fingerprint density at radius 1 is 1.05 bits per heavy atom. The summed E-state index contributed by atoms with van der Waals surface area (Å²) in [4.78, 5) is 22.8. The molecule has 0 unspecified atom stereocenters. The minimum Gasteiger partial charge on any atom is -0.478 e. The maximum atomic E-state index is 11.4. The highest BCUT2D eigenvalue weighted by Gasteiger charge is 2.19. The smallest absolute Gasteiger partial charge is 0.336 e. The van der Waals surface area contributed by atoms with Crippen LogP contribution in [0.4, 0.5) is 0 Å². The van der Waals surface area contributed by atoms with Crippen LogP contribution in [-0.2, 0) is 6.42 Å². The van der Waals surface area contributed by atoms with Crippen LogP contribution in [0.25, 0.3) is 0 Å². The summed E-state index contributed by atoms with van der Waals surface area (Å²) in [5.41, 5.74) is 1.85. The molecule has 0 aliphatic heterocycles. The average molecular weight is 349 g/mol. The Morgan fingerprint density at radius 2 is 1.62 bits per heavy atom. The fraction of sp³-hybridized carbons (Fsp3) is 0.125. The zero-order valence-corrected chi connectivity index (χ0v) is 12.8. The number of carboxylic acid groups (broad SMARTS) is 2. The van der Waals surface area contributed by atoms with E-state index in [0.717, 1.165) is 10.0 Å². The number of hydrogen-bond donors (Lipinski definition) is 2. The van der Waals surface area contributed by atoms with Crippen molar-refractivity contribution in [3.05, 3.63) is 68.7 Å². The molecular weight excluding hydrogens is 336 g/mol. The molecule has 0 fully saturated rings. The summed E-state index contributed by atoms with van der Waals surface area (Å²) in [5.74, 6) is -2.24. The van der Waals surface area contributed by atoms with Crippen LogP contribution in [0.5, 0.6) is 0 Å². The van der Waals surface area contributed by atoms with Gasteiger partial charge >= 0.3 is 11.9 Å². The molecule has 21 heavy (non-hydrogen) atoms. The van der Waals surface area contributed by atoms with Gasteiger partial charge in [-0.25, -0.2) is 9.59 Å². The van der Waals surface area contributed by atoms with Crippen LogP contribution in [0.3, 0.4) is 0 Å². The van der Waals surface area contributed by atoms with Crippen molar-refractivity contribution < 1.29 is 19.8 Å².